The van der Waals surface area contributed by atoms with Crippen molar-refractivity contribution in [1.29, 1.82) is 0 Å². The van der Waals surface area contributed by atoms with E-state index < -0.39 is 11.0 Å². The summed E-state index contributed by atoms with van der Waals surface area (Å²) in [6.07, 6.45) is 0.462. The molecule has 23 heavy (non-hydrogen) atoms. The largest absolute Gasteiger partial charge is 0.453 e. The van der Waals surface area contributed by atoms with E-state index in [1.807, 2.05) is 48.5 Å². The van der Waals surface area contributed by atoms with Gasteiger partial charge in [0.1, 0.15) is 5.41 Å². The van der Waals surface area contributed by atoms with E-state index in [1.165, 1.54) is 6.92 Å². The normalized spacial score (nSPS) is 27.5. The highest BCUT2D eigenvalue weighted by Gasteiger charge is 2.79. The highest BCUT2D eigenvalue weighted by atomic mass is 79.9. The summed E-state index contributed by atoms with van der Waals surface area (Å²) in [5.74, 6) is -0.496. The van der Waals surface area contributed by atoms with Crippen LogP contribution in [-0.2, 0) is 25.3 Å². The maximum atomic E-state index is 12.7. The predicted molar refractivity (Wildman–Crippen MR) is 89.0 cm³/mol. The van der Waals surface area contributed by atoms with Crippen LogP contribution in [0.2, 0.25) is 0 Å². The van der Waals surface area contributed by atoms with E-state index in [0.29, 0.717) is 6.42 Å². The molecule has 2 aliphatic rings. The number of halogens is 1. The second kappa shape index (κ2) is 4.68. The van der Waals surface area contributed by atoms with Crippen molar-refractivity contribution >= 4 is 33.5 Å². The molecule has 1 heterocycles. The first-order valence-corrected chi connectivity index (χ1v) is 8.15. The molecule has 1 aliphatic carbocycles. The van der Waals surface area contributed by atoms with Gasteiger partial charge in [-0.1, -0.05) is 46.3 Å². The summed E-state index contributed by atoms with van der Waals surface area (Å²) in [5, 5.41) is 2.92. The molecule has 1 spiro atoms. The number of rotatable bonds is 2. The van der Waals surface area contributed by atoms with E-state index in [0.717, 1.165) is 21.3 Å². The number of hydrogen-bond donors (Lipinski definition) is 1. The molecule has 1 aliphatic heterocycles. The second-order valence-electron chi connectivity index (χ2n) is 6.01. The van der Waals surface area contributed by atoms with Crippen LogP contribution in [0.5, 0.6) is 0 Å². The van der Waals surface area contributed by atoms with E-state index in [1.54, 1.807) is 0 Å². The summed E-state index contributed by atoms with van der Waals surface area (Å²) in [4.78, 5) is 24.5. The lowest BCUT2D eigenvalue weighted by Gasteiger charge is -2.22. The Balaban J connectivity index is 1.89. The molecule has 1 fully saturated rings. The van der Waals surface area contributed by atoms with Crippen LogP contribution in [0.15, 0.2) is 53.0 Å². The Bertz CT molecular complexity index is 832. The quantitative estimate of drug-likeness (QED) is 0.821. The number of fused-ring (bicyclic) bond motifs is 2. The monoisotopic (exact) mass is 371 g/mol. The number of carbonyl (C=O) groups excluding carboxylic acids is 2. The molecule has 4 nitrogen and oxygen atoms in total. The molecule has 5 heteroatoms. The lowest BCUT2D eigenvalue weighted by atomic mass is 9.89. The molecule has 2 aromatic rings. The molecule has 0 bridgehead atoms. The smallest absolute Gasteiger partial charge is 0.303 e. The zero-order chi connectivity index (χ0) is 16.2. The zero-order valence-electron chi connectivity index (χ0n) is 12.4. The summed E-state index contributed by atoms with van der Waals surface area (Å²) in [7, 11) is 0. The number of amides is 1. The van der Waals surface area contributed by atoms with Gasteiger partial charge in [0, 0.05) is 23.5 Å². The van der Waals surface area contributed by atoms with Gasteiger partial charge in [0.15, 0.2) is 5.60 Å². The number of esters is 1. The van der Waals surface area contributed by atoms with Crippen molar-refractivity contribution in [3.8, 4) is 0 Å². The number of ether oxygens (including phenoxy) is 1. The number of anilines is 1. The minimum atomic E-state index is -0.934. The third-order valence-corrected chi connectivity index (χ3v) is 5.26. The SMILES string of the molecule is CC(=O)O[C@]1(c2ccc(Br)cc2)C[C@@]12C(=O)Nc1ccccc12. The Morgan fingerprint density at radius 1 is 1.17 bits per heavy atom. The van der Waals surface area contributed by atoms with Crippen LogP contribution >= 0.6 is 15.9 Å². The molecule has 0 saturated heterocycles. The predicted octanol–water partition coefficient (Wildman–Crippen LogP) is 3.50. The van der Waals surface area contributed by atoms with Crippen LogP contribution in [0.3, 0.4) is 0 Å². The van der Waals surface area contributed by atoms with E-state index >= 15 is 0 Å². The zero-order valence-corrected chi connectivity index (χ0v) is 14.0. The summed E-state index contributed by atoms with van der Waals surface area (Å²) in [5.41, 5.74) is 0.764. The van der Waals surface area contributed by atoms with Gasteiger partial charge in [0.05, 0.1) is 0 Å². The number of para-hydroxylation sites is 1. The van der Waals surface area contributed by atoms with Crippen LogP contribution in [0.4, 0.5) is 5.69 Å². The van der Waals surface area contributed by atoms with Gasteiger partial charge in [-0.3, -0.25) is 9.59 Å². The third kappa shape index (κ3) is 1.83. The highest BCUT2D eigenvalue weighted by Crippen LogP contribution is 2.69. The maximum Gasteiger partial charge on any atom is 0.303 e. The first-order chi connectivity index (χ1) is 11.0. The molecular formula is C18H14BrNO3. The molecule has 2 aromatic carbocycles. The average Bonchev–Trinajstić information content (AvgIpc) is 3.09. The maximum absolute atomic E-state index is 12.7. The van der Waals surface area contributed by atoms with Crippen molar-refractivity contribution < 1.29 is 14.3 Å². The van der Waals surface area contributed by atoms with Crippen LogP contribution < -0.4 is 5.32 Å². The van der Waals surface area contributed by atoms with Crippen molar-refractivity contribution in [2.45, 2.75) is 24.4 Å². The average molecular weight is 372 g/mol. The lowest BCUT2D eigenvalue weighted by Crippen LogP contribution is -2.32. The Hall–Kier alpha value is -2.14. The van der Waals surface area contributed by atoms with Gasteiger partial charge in [0.2, 0.25) is 5.91 Å². The lowest BCUT2D eigenvalue weighted by molar-refractivity contribution is -0.151. The van der Waals surface area contributed by atoms with Gasteiger partial charge >= 0.3 is 5.97 Å². The number of benzene rings is 2. The standard InChI is InChI=1S/C18H14BrNO3/c1-11(21)23-18(12-6-8-13(19)9-7-12)10-17(18)14-4-2-3-5-15(14)20-16(17)22/h2-9H,10H2,1H3,(H,20,22)/t17-,18+/m1/s1. The van der Waals surface area contributed by atoms with E-state index in [4.69, 9.17) is 4.74 Å². The first-order valence-electron chi connectivity index (χ1n) is 7.36. The minimum absolute atomic E-state index is 0.108. The molecular weight excluding hydrogens is 358 g/mol. The molecule has 116 valence electrons. The fourth-order valence-corrected chi connectivity index (χ4v) is 3.98. The summed E-state index contributed by atoms with van der Waals surface area (Å²) >= 11 is 3.41. The minimum Gasteiger partial charge on any atom is -0.453 e. The molecule has 0 aromatic heterocycles. The fourth-order valence-electron chi connectivity index (χ4n) is 3.72. The van der Waals surface area contributed by atoms with Crippen LogP contribution in [0.1, 0.15) is 24.5 Å². The molecule has 1 N–H and O–H groups in total. The van der Waals surface area contributed by atoms with Crippen molar-refractivity contribution in [1.82, 2.24) is 0 Å². The van der Waals surface area contributed by atoms with Crippen LogP contribution in [0, 0.1) is 0 Å². The molecule has 1 saturated carbocycles. The number of carbonyl (C=O) groups is 2. The van der Waals surface area contributed by atoms with Gasteiger partial charge < -0.3 is 10.1 Å². The van der Waals surface area contributed by atoms with Gasteiger partial charge in [0.25, 0.3) is 0 Å². The Kier molecular flexibility index (Phi) is 2.94. The summed E-state index contributed by atoms with van der Waals surface area (Å²) in [6.45, 7) is 1.38. The second-order valence-corrected chi connectivity index (χ2v) is 6.93. The van der Waals surface area contributed by atoms with Crippen molar-refractivity contribution in [3.63, 3.8) is 0 Å². The number of nitrogens with one attached hydrogen (secondary N) is 1. The summed E-state index contributed by atoms with van der Waals surface area (Å²) in [6, 6.07) is 15.2. The van der Waals surface area contributed by atoms with E-state index in [2.05, 4.69) is 21.2 Å². The number of hydrogen-bond acceptors (Lipinski definition) is 3. The highest BCUT2D eigenvalue weighted by molar-refractivity contribution is 9.10. The van der Waals surface area contributed by atoms with Gasteiger partial charge in [-0.15, -0.1) is 0 Å². The van der Waals surface area contributed by atoms with Crippen LogP contribution in [-0.4, -0.2) is 11.9 Å². The Morgan fingerprint density at radius 2 is 1.87 bits per heavy atom. The molecule has 2 atom stereocenters. The fraction of sp³-hybridized carbons (Fsp3) is 0.222. The third-order valence-electron chi connectivity index (χ3n) is 4.73. The Morgan fingerprint density at radius 3 is 2.57 bits per heavy atom. The summed E-state index contributed by atoms with van der Waals surface area (Å²) < 4.78 is 6.66. The molecule has 4 rings (SSSR count). The van der Waals surface area contributed by atoms with E-state index in [-0.39, 0.29) is 11.9 Å². The van der Waals surface area contributed by atoms with Crippen LogP contribution in [0.25, 0.3) is 0 Å². The van der Waals surface area contributed by atoms with Crippen molar-refractivity contribution in [2.24, 2.45) is 0 Å². The first kappa shape index (κ1) is 14.5. The van der Waals surface area contributed by atoms with Crippen molar-refractivity contribution in [3.05, 3.63) is 64.1 Å². The Labute approximate surface area is 142 Å². The van der Waals surface area contributed by atoms with E-state index in [9.17, 15) is 9.59 Å². The molecule has 0 radical (unpaired) electrons. The van der Waals surface area contributed by atoms with Gasteiger partial charge in [-0.25, -0.2) is 0 Å². The van der Waals surface area contributed by atoms with Crippen molar-refractivity contribution in [2.75, 3.05) is 5.32 Å². The molecule has 1 amide bonds. The van der Waals surface area contributed by atoms with Gasteiger partial charge in [-0.2, -0.15) is 0 Å². The topological polar surface area (TPSA) is 55.4 Å². The van der Waals surface area contributed by atoms with Gasteiger partial charge in [-0.05, 0) is 29.3 Å². The molecule has 0 unspecified atom stereocenters.